The van der Waals surface area contributed by atoms with Crippen LogP contribution in [0.2, 0.25) is 5.02 Å². The van der Waals surface area contributed by atoms with Gasteiger partial charge >= 0.3 is 0 Å². The number of rotatable bonds is 3. The molecule has 0 aliphatic carbocycles. The van der Waals surface area contributed by atoms with E-state index < -0.39 is 0 Å². The summed E-state index contributed by atoms with van der Waals surface area (Å²) in [6.45, 7) is 1.95. The lowest BCUT2D eigenvalue weighted by molar-refractivity contribution is -0.117. The first-order chi connectivity index (χ1) is 8.97. The lowest BCUT2D eigenvalue weighted by Gasteiger charge is -2.15. The Morgan fingerprint density at radius 3 is 3.00 bits per heavy atom. The highest BCUT2D eigenvalue weighted by Crippen LogP contribution is 2.26. The molecule has 19 heavy (non-hydrogen) atoms. The maximum absolute atomic E-state index is 11.9. The Balaban J connectivity index is 2.13. The molecule has 2 rings (SSSR count). The van der Waals surface area contributed by atoms with E-state index in [0.717, 1.165) is 0 Å². The molecule has 0 radical (unpaired) electrons. The fourth-order valence-corrected chi connectivity index (χ4v) is 2.86. The van der Waals surface area contributed by atoms with Crippen molar-refractivity contribution in [1.29, 1.82) is 0 Å². The van der Waals surface area contributed by atoms with Crippen molar-refractivity contribution in [2.45, 2.75) is 13.3 Å². The third kappa shape index (κ3) is 3.39. The Bertz CT molecular complexity index is 572. The fraction of sp³-hybridized carbons (Fsp3) is 0.417. The molecule has 1 aromatic heterocycles. The van der Waals surface area contributed by atoms with Gasteiger partial charge < -0.3 is 9.88 Å². The van der Waals surface area contributed by atoms with Crippen molar-refractivity contribution >= 4 is 40.1 Å². The lowest BCUT2D eigenvalue weighted by atomic mass is 10.1. The van der Waals surface area contributed by atoms with Gasteiger partial charge in [0.05, 0.1) is 5.02 Å². The van der Waals surface area contributed by atoms with E-state index in [4.69, 9.17) is 11.6 Å². The Morgan fingerprint density at radius 2 is 2.32 bits per heavy atom. The van der Waals surface area contributed by atoms with Crippen LogP contribution in [0.25, 0.3) is 0 Å². The monoisotopic (exact) mass is 300 g/mol. The zero-order valence-corrected chi connectivity index (χ0v) is 11.9. The number of thioether (sulfide) groups is 1. The summed E-state index contributed by atoms with van der Waals surface area (Å²) in [5, 5.41) is 0.412. The van der Waals surface area contributed by atoms with Crippen LogP contribution in [0.3, 0.4) is 0 Å². The number of amides is 1. The molecule has 7 heteroatoms. The standard InChI is InChI=1S/C12H13ClN2O3S/c1-7(16)19-6-8-2-11(17)15(5-8)10-3-9(13)4-14-12(10)18/h3-4,8H,2,5-6H2,1H3,(H,14,18). The number of hydrogen-bond donors (Lipinski definition) is 1. The summed E-state index contributed by atoms with van der Waals surface area (Å²) in [5.41, 5.74) is -0.0644. The van der Waals surface area contributed by atoms with Crippen LogP contribution in [0.5, 0.6) is 0 Å². The van der Waals surface area contributed by atoms with Crippen molar-refractivity contribution in [3.05, 3.63) is 27.6 Å². The third-order valence-corrected chi connectivity index (χ3v) is 4.13. The van der Waals surface area contributed by atoms with Gasteiger partial charge in [-0.1, -0.05) is 23.4 Å². The highest BCUT2D eigenvalue weighted by molar-refractivity contribution is 8.13. The van der Waals surface area contributed by atoms with Gasteiger partial charge in [0.25, 0.3) is 5.56 Å². The second-order valence-corrected chi connectivity index (χ2v) is 6.04. The molecule has 0 spiro atoms. The number of aromatic nitrogens is 1. The van der Waals surface area contributed by atoms with Gasteiger partial charge in [-0.25, -0.2) is 0 Å². The average Bonchev–Trinajstić information content (AvgIpc) is 2.71. The topological polar surface area (TPSA) is 70.2 Å². The largest absolute Gasteiger partial charge is 0.326 e. The van der Waals surface area contributed by atoms with Crippen LogP contribution in [0.4, 0.5) is 5.69 Å². The van der Waals surface area contributed by atoms with E-state index in [-0.39, 0.29) is 28.2 Å². The molecule has 0 aromatic carbocycles. The van der Waals surface area contributed by atoms with Gasteiger partial charge in [-0.15, -0.1) is 0 Å². The minimum Gasteiger partial charge on any atom is -0.326 e. The first-order valence-corrected chi connectivity index (χ1v) is 7.15. The Kier molecular flexibility index (Phi) is 4.31. The number of nitrogens with zero attached hydrogens (tertiary/aromatic N) is 1. The van der Waals surface area contributed by atoms with E-state index in [0.29, 0.717) is 23.7 Å². The number of pyridine rings is 1. The second-order valence-electron chi connectivity index (χ2n) is 4.41. The number of nitrogens with one attached hydrogen (secondary N) is 1. The molecule has 1 aliphatic heterocycles. The van der Waals surface area contributed by atoms with Crippen LogP contribution in [0.15, 0.2) is 17.1 Å². The number of H-pyrrole nitrogens is 1. The van der Waals surface area contributed by atoms with Crippen LogP contribution in [-0.4, -0.2) is 28.3 Å². The molecule has 5 nitrogen and oxygen atoms in total. The molecule has 0 saturated carbocycles. The SMILES string of the molecule is CC(=O)SCC1CC(=O)N(c2cc(Cl)c[nH]c2=O)C1. The highest BCUT2D eigenvalue weighted by atomic mass is 35.5. The van der Waals surface area contributed by atoms with E-state index in [2.05, 4.69) is 4.98 Å². The van der Waals surface area contributed by atoms with E-state index in [9.17, 15) is 14.4 Å². The van der Waals surface area contributed by atoms with E-state index in [1.165, 1.54) is 35.8 Å². The van der Waals surface area contributed by atoms with E-state index in [1.54, 1.807) is 0 Å². The number of carbonyl (C=O) groups excluding carboxylic acids is 2. The van der Waals surface area contributed by atoms with Gasteiger partial charge in [0.15, 0.2) is 5.12 Å². The van der Waals surface area contributed by atoms with E-state index in [1.807, 2.05) is 0 Å². The van der Waals surface area contributed by atoms with Gasteiger partial charge in [-0.05, 0) is 12.0 Å². The summed E-state index contributed by atoms with van der Waals surface area (Å²) in [5.74, 6) is 0.567. The molecule has 1 fully saturated rings. The summed E-state index contributed by atoms with van der Waals surface area (Å²) in [4.78, 5) is 38.5. The summed E-state index contributed by atoms with van der Waals surface area (Å²) in [7, 11) is 0. The van der Waals surface area contributed by atoms with Crippen LogP contribution in [0.1, 0.15) is 13.3 Å². The first-order valence-electron chi connectivity index (χ1n) is 5.79. The predicted octanol–water partition coefficient (Wildman–Crippen LogP) is 1.66. The zero-order valence-electron chi connectivity index (χ0n) is 10.3. The minimum absolute atomic E-state index is 0.0338. The molecular formula is C12H13ClN2O3S. The van der Waals surface area contributed by atoms with Crippen LogP contribution in [-0.2, 0) is 9.59 Å². The molecule has 1 aromatic rings. The number of halogens is 1. The van der Waals surface area contributed by atoms with Crippen LogP contribution < -0.4 is 10.5 Å². The average molecular weight is 301 g/mol. The summed E-state index contributed by atoms with van der Waals surface area (Å²) < 4.78 is 0. The minimum atomic E-state index is -0.336. The molecule has 1 amide bonds. The Labute approximate surface area is 119 Å². The molecular weight excluding hydrogens is 288 g/mol. The Morgan fingerprint density at radius 1 is 1.58 bits per heavy atom. The van der Waals surface area contributed by atoms with Crippen molar-refractivity contribution in [3.63, 3.8) is 0 Å². The summed E-state index contributed by atoms with van der Waals surface area (Å²) >= 11 is 7.03. The molecule has 1 atom stereocenters. The molecule has 1 N–H and O–H groups in total. The summed E-state index contributed by atoms with van der Waals surface area (Å²) in [6.07, 6.45) is 1.74. The van der Waals surface area contributed by atoms with Crippen molar-refractivity contribution in [3.8, 4) is 0 Å². The molecule has 0 bridgehead atoms. The van der Waals surface area contributed by atoms with Gasteiger partial charge in [-0.2, -0.15) is 0 Å². The number of carbonyl (C=O) groups is 2. The quantitative estimate of drug-likeness (QED) is 0.921. The molecule has 102 valence electrons. The van der Waals surface area contributed by atoms with Crippen molar-refractivity contribution < 1.29 is 9.59 Å². The molecule has 1 aliphatic rings. The number of hydrogen-bond acceptors (Lipinski definition) is 4. The van der Waals surface area contributed by atoms with Gasteiger partial charge in [0.2, 0.25) is 5.91 Å². The molecule has 2 heterocycles. The molecule has 1 saturated heterocycles. The lowest BCUT2D eigenvalue weighted by Crippen LogP contribution is -2.30. The first kappa shape index (κ1) is 14.1. The highest BCUT2D eigenvalue weighted by Gasteiger charge is 2.32. The van der Waals surface area contributed by atoms with Crippen molar-refractivity contribution in [2.75, 3.05) is 17.2 Å². The second kappa shape index (κ2) is 5.79. The van der Waals surface area contributed by atoms with Crippen LogP contribution >= 0.6 is 23.4 Å². The fourth-order valence-electron chi connectivity index (χ4n) is 2.01. The van der Waals surface area contributed by atoms with Gasteiger partial charge in [-0.3, -0.25) is 14.4 Å². The number of aromatic amines is 1. The predicted molar refractivity (Wildman–Crippen MR) is 75.7 cm³/mol. The van der Waals surface area contributed by atoms with Crippen LogP contribution in [0, 0.1) is 5.92 Å². The van der Waals surface area contributed by atoms with Gasteiger partial charge in [0.1, 0.15) is 5.69 Å². The maximum atomic E-state index is 11.9. The van der Waals surface area contributed by atoms with Crippen molar-refractivity contribution in [1.82, 2.24) is 4.98 Å². The van der Waals surface area contributed by atoms with Crippen molar-refractivity contribution in [2.24, 2.45) is 5.92 Å². The Hall–Kier alpha value is -1.27. The van der Waals surface area contributed by atoms with Gasteiger partial charge in [0, 0.05) is 31.8 Å². The maximum Gasteiger partial charge on any atom is 0.272 e. The zero-order chi connectivity index (χ0) is 14.0. The smallest absolute Gasteiger partial charge is 0.272 e. The number of anilines is 1. The van der Waals surface area contributed by atoms with E-state index >= 15 is 0 Å². The summed E-state index contributed by atoms with van der Waals surface area (Å²) in [6, 6.07) is 1.48. The normalized spacial score (nSPS) is 18.9. The third-order valence-electron chi connectivity index (χ3n) is 2.87. The molecule has 1 unspecified atom stereocenters.